The number of likely N-dealkylation sites (tertiary alicyclic amines) is 1. The molecule has 2 aromatic rings. The molecule has 0 aliphatic carbocycles. The zero-order valence-corrected chi connectivity index (χ0v) is 18.1. The van der Waals surface area contributed by atoms with E-state index >= 15 is 0 Å². The molecule has 158 valence electrons. The molecule has 2 amide bonds. The highest BCUT2D eigenvalue weighted by Crippen LogP contribution is 2.31. The Morgan fingerprint density at radius 1 is 1.00 bits per heavy atom. The zero-order chi connectivity index (χ0) is 21.3. The first-order chi connectivity index (χ1) is 14.3. The Hall–Kier alpha value is -2.82. The molecule has 1 fully saturated rings. The maximum absolute atomic E-state index is 13.3. The third-order valence-corrected chi connectivity index (χ3v) is 5.83. The van der Waals surface area contributed by atoms with Gasteiger partial charge in [-0.05, 0) is 62.3 Å². The van der Waals surface area contributed by atoms with Gasteiger partial charge in [0.2, 0.25) is 5.91 Å². The SMILES string of the molecule is CC(C)(C)OC(=O)N1CCCC1C(=O)N1CCc2c(cccc2-c2ccccc2)C1. The van der Waals surface area contributed by atoms with Crippen LogP contribution in [0.2, 0.25) is 0 Å². The lowest BCUT2D eigenvalue weighted by Gasteiger charge is -2.35. The molecule has 0 N–H and O–H groups in total. The molecular formula is C25H30N2O3. The van der Waals surface area contributed by atoms with Crippen LogP contribution in [-0.2, 0) is 22.5 Å². The molecule has 2 aliphatic heterocycles. The van der Waals surface area contributed by atoms with E-state index in [1.807, 2.05) is 31.7 Å². The third kappa shape index (κ3) is 4.20. The molecule has 0 saturated carbocycles. The van der Waals surface area contributed by atoms with Gasteiger partial charge in [0.05, 0.1) is 0 Å². The van der Waals surface area contributed by atoms with Gasteiger partial charge in [0, 0.05) is 19.6 Å². The van der Waals surface area contributed by atoms with E-state index in [-0.39, 0.29) is 12.0 Å². The van der Waals surface area contributed by atoms with E-state index < -0.39 is 11.6 Å². The molecule has 30 heavy (non-hydrogen) atoms. The number of benzene rings is 2. The number of fused-ring (bicyclic) bond motifs is 1. The van der Waals surface area contributed by atoms with E-state index in [4.69, 9.17) is 4.74 Å². The van der Waals surface area contributed by atoms with Gasteiger partial charge in [-0.3, -0.25) is 9.69 Å². The van der Waals surface area contributed by atoms with Gasteiger partial charge in [-0.25, -0.2) is 4.79 Å². The Morgan fingerprint density at radius 2 is 1.77 bits per heavy atom. The van der Waals surface area contributed by atoms with Gasteiger partial charge < -0.3 is 9.64 Å². The first kappa shape index (κ1) is 20.5. The molecule has 0 bridgehead atoms. The molecule has 1 atom stereocenters. The fraction of sp³-hybridized carbons (Fsp3) is 0.440. The van der Waals surface area contributed by atoms with Crippen molar-refractivity contribution in [3.05, 3.63) is 59.7 Å². The highest BCUT2D eigenvalue weighted by molar-refractivity contribution is 5.86. The molecule has 2 aromatic carbocycles. The number of hydrogen-bond acceptors (Lipinski definition) is 3. The summed E-state index contributed by atoms with van der Waals surface area (Å²) in [6.07, 6.45) is 1.97. The highest BCUT2D eigenvalue weighted by atomic mass is 16.6. The smallest absolute Gasteiger partial charge is 0.410 e. The summed E-state index contributed by atoms with van der Waals surface area (Å²) in [5.41, 5.74) is 4.41. The van der Waals surface area contributed by atoms with Crippen LogP contribution in [0, 0.1) is 0 Å². The van der Waals surface area contributed by atoms with Crippen molar-refractivity contribution in [3.8, 4) is 11.1 Å². The highest BCUT2D eigenvalue weighted by Gasteiger charge is 2.39. The minimum absolute atomic E-state index is 0.0362. The molecule has 2 aliphatic rings. The van der Waals surface area contributed by atoms with Crippen molar-refractivity contribution in [1.82, 2.24) is 9.80 Å². The van der Waals surface area contributed by atoms with Crippen LogP contribution in [0.1, 0.15) is 44.7 Å². The van der Waals surface area contributed by atoms with E-state index in [2.05, 4.69) is 42.5 Å². The van der Waals surface area contributed by atoms with Crippen LogP contribution in [0.4, 0.5) is 4.79 Å². The zero-order valence-electron chi connectivity index (χ0n) is 18.1. The maximum Gasteiger partial charge on any atom is 0.410 e. The maximum atomic E-state index is 13.3. The number of rotatable bonds is 2. The predicted molar refractivity (Wildman–Crippen MR) is 117 cm³/mol. The number of nitrogens with zero attached hydrogens (tertiary/aromatic N) is 2. The summed E-state index contributed by atoms with van der Waals surface area (Å²) < 4.78 is 5.53. The van der Waals surface area contributed by atoms with Crippen molar-refractivity contribution in [1.29, 1.82) is 0 Å². The second kappa shape index (κ2) is 8.13. The summed E-state index contributed by atoms with van der Waals surface area (Å²) in [6.45, 7) is 7.40. The second-order valence-corrected chi connectivity index (χ2v) is 9.15. The van der Waals surface area contributed by atoms with Gasteiger partial charge >= 0.3 is 6.09 Å². The van der Waals surface area contributed by atoms with Crippen molar-refractivity contribution >= 4 is 12.0 Å². The van der Waals surface area contributed by atoms with E-state index in [1.165, 1.54) is 22.3 Å². The molecule has 1 saturated heterocycles. The molecule has 0 spiro atoms. The summed E-state index contributed by atoms with van der Waals surface area (Å²) in [5.74, 6) is 0.0362. The fourth-order valence-corrected chi connectivity index (χ4v) is 4.46. The lowest BCUT2D eigenvalue weighted by atomic mass is 9.90. The Labute approximate surface area is 178 Å². The van der Waals surface area contributed by atoms with E-state index in [0.717, 1.165) is 12.8 Å². The standard InChI is InChI=1S/C25H30N2O3/c1-25(2,3)30-24(29)27-15-8-13-22(27)23(28)26-16-14-21-19(17-26)11-7-12-20(21)18-9-5-4-6-10-18/h4-7,9-12,22H,8,13-17H2,1-3H3. The number of amides is 2. The van der Waals surface area contributed by atoms with Crippen LogP contribution in [0.5, 0.6) is 0 Å². The van der Waals surface area contributed by atoms with Gasteiger partial charge in [-0.2, -0.15) is 0 Å². The summed E-state index contributed by atoms with van der Waals surface area (Å²) in [4.78, 5) is 29.4. The number of hydrogen-bond donors (Lipinski definition) is 0. The lowest BCUT2D eigenvalue weighted by molar-refractivity contribution is -0.136. The van der Waals surface area contributed by atoms with Crippen molar-refractivity contribution < 1.29 is 14.3 Å². The molecule has 2 heterocycles. The van der Waals surface area contributed by atoms with Gasteiger partial charge in [-0.1, -0.05) is 48.5 Å². The average molecular weight is 407 g/mol. The molecule has 5 heteroatoms. The Balaban J connectivity index is 1.51. The molecule has 4 rings (SSSR count). The summed E-state index contributed by atoms with van der Waals surface area (Å²) >= 11 is 0. The van der Waals surface area contributed by atoms with E-state index in [0.29, 0.717) is 26.1 Å². The average Bonchev–Trinajstić information content (AvgIpc) is 3.22. The Bertz CT molecular complexity index is 933. The second-order valence-electron chi connectivity index (χ2n) is 9.15. The van der Waals surface area contributed by atoms with Crippen LogP contribution in [-0.4, -0.2) is 46.5 Å². The van der Waals surface area contributed by atoms with Crippen molar-refractivity contribution in [2.75, 3.05) is 13.1 Å². The quantitative estimate of drug-likeness (QED) is 0.730. The Kier molecular flexibility index (Phi) is 5.54. The number of carbonyl (C=O) groups excluding carboxylic acids is 2. The minimum Gasteiger partial charge on any atom is -0.444 e. The van der Waals surface area contributed by atoms with Crippen molar-refractivity contribution in [2.24, 2.45) is 0 Å². The lowest BCUT2D eigenvalue weighted by Crippen LogP contribution is -2.50. The van der Waals surface area contributed by atoms with Crippen molar-refractivity contribution in [2.45, 2.75) is 58.2 Å². The molecule has 1 unspecified atom stereocenters. The summed E-state index contributed by atoms with van der Waals surface area (Å²) in [5, 5.41) is 0. The topological polar surface area (TPSA) is 49.9 Å². The first-order valence-corrected chi connectivity index (χ1v) is 10.8. The fourth-order valence-electron chi connectivity index (χ4n) is 4.46. The number of carbonyl (C=O) groups is 2. The monoisotopic (exact) mass is 406 g/mol. The summed E-state index contributed by atoms with van der Waals surface area (Å²) in [7, 11) is 0. The van der Waals surface area contributed by atoms with Crippen LogP contribution < -0.4 is 0 Å². The van der Waals surface area contributed by atoms with Crippen molar-refractivity contribution in [3.63, 3.8) is 0 Å². The van der Waals surface area contributed by atoms with Gasteiger partial charge in [0.15, 0.2) is 0 Å². The van der Waals surface area contributed by atoms with Crippen LogP contribution >= 0.6 is 0 Å². The minimum atomic E-state index is -0.564. The van der Waals surface area contributed by atoms with Crippen LogP contribution in [0.3, 0.4) is 0 Å². The molecule has 5 nitrogen and oxygen atoms in total. The van der Waals surface area contributed by atoms with Gasteiger partial charge in [-0.15, -0.1) is 0 Å². The normalized spacial score (nSPS) is 18.8. The summed E-state index contributed by atoms with van der Waals surface area (Å²) in [6, 6.07) is 16.3. The Morgan fingerprint density at radius 3 is 2.50 bits per heavy atom. The first-order valence-electron chi connectivity index (χ1n) is 10.8. The third-order valence-electron chi connectivity index (χ3n) is 5.83. The predicted octanol–water partition coefficient (Wildman–Crippen LogP) is 4.64. The van der Waals surface area contributed by atoms with E-state index in [1.54, 1.807) is 4.90 Å². The van der Waals surface area contributed by atoms with Gasteiger partial charge in [0.25, 0.3) is 0 Å². The molecular weight excluding hydrogens is 376 g/mol. The largest absolute Gasteiger partial charge is 0.444 e. The molecule has 0 radical (unpaired) electrons. The van der Waals surface area contributed by atoms with Crippen LogP contribution in [0.15, 0.2) is 48.5 Å². The number of ether oxygens (including phenoxy) is 1. The van der Waals surface area contributed by atoms with E-state index in [9.17, 15) is 9.59 Å². The van der Waals surface area contributed by atoms with Gasteiger partial charge in [0.1, 0.15) is 11.6 Å². The van der Waals surface area contributed by atoms with Crippen LogP contribution in [0.25, 0.3) is 11.1 Å². The molecule has 0 aromatic heterocycles.